The van der Waals surface area contributed by atoms with Gasteiger partial charge in [0.1, 0.15) is 11.8 Å². The van der Waals surface area contributed by atoms with Crippen LogP contribution in [0.3, 0.4) is 0 Å². The molecule has 6 nitrogen and oxygen atoms in total. The van der Waals surface area contributed by atoms with Crippen molar-refractivity contribution in [2.45, 2.75) is 32.2 Å². The van der Waals surface area contributed by atoms with Gasteiger partial charge in [-0.3, -0.25) is 9.10 Å². The number of anilines is 1. The summed E-state index contributed by atoms with van der Waals surface area (Å²) in [5, 5.41) is 0. The predicted molar refractivity (Wildman–Crippen MR) is 119 cm³/mol. The number of rotatable bonds is 7. The topological polar surface area (TPSA) is 66.9 Å². The van der Waals surface area contributed by atoms with Crippen LogP contribution in [0, 0.1) is 5.92 Å². The molecule has 1 saturated heterocycles. The van der Waals surface area contributed by atoms with Gasteiger partial charge in [0, 0.05) is 13.1 Å². The number of likely N-dealkylation sites (tertiary alicyclic amines) is 1. The maximum Gasteiger partial charge on any atom is 0.246 e. The number of carbonyl (C=O) groups is 1. The summed E-state index contributed by atoms with van der Waals surface area (Å²) in [6, 6.07) is 16.3. The Hall–Kier alpha value is -2.54. The molecule has 0 spiro atoms. The fourth-order valence-electron chi connectivity index (χ4n) is 4.10. The maximum absolute atomic E-state index is 13.1. The van der Waals surface area contributed by atoms with Crippen molar-refractivity contribution < 1.29 is 17.9 Å². The largest absolute Gasteiger partial charge is 0.497 e. The average Bonchev–Trinajstić information content (AvgIpc) is 2.74. The van der Waals surface area contributed by atoms with E-state index in [1.54, 1.807) is 43.2 Å². The first kappa shape index (κ1) is 22.2. The van der Waals surface area contributed by atoms with Gasteiger partial charge in [0.2, 0.25) is 15.9 Å². The first-order valence-corrected chi connectivity index (χ1v) is 12.1. The summed E-state index contributed by atoms with van der Waals surface area (Å²) in [6.45, 7) is 2.96. The number of benzene rings is 2. The van der Waals surface area contributed by atoms with Crippen molar-refractivity contribution in [3.63, 3.8) is 0 Å². The van der Waals surface area contributed by atoms with Crippen LogP contribution >= 0.6 is 0 Å². The monoisotopic (exact) mass is 430 g/mol. The third kappa shape index (κ3) is 5.33. The number of sulfonamides is 1. The van der Waals surface area contributed by atoms with Crippen LogP contribution in [0.5, 0.6) is 5.75 Å². The van der Waals surface area contributed by atoms with Gasteiger partial charge < -0.3 is 9.64 Å². The van der Waals surface area contributed by atoms with E-state index in [1.807, 2.05) is 6.07 Å². The Balaban J connectivity index is 1.67. The Morgan fingerprint density at radius 3 is 2.23 bits per heavy atom. The third-order valence-electron chi connectivity index (χ3n) is 5.69. The molecule has 0 N–H and O–H groups in total. The SMILES string of the molecule is COc1ccc(N([C@@H](C)C(=O)N2CCC(Cc3ccccc3)CC2)S(C)(=O)=O)cc1. The van der Waals surface area contributed by atoms with Gasteiger partial charge >= 0.3 is 0 Å². The highest BCUT2D eigenvalue weighted by Crippen LogP contribution is 2.26. The summed E-state index contributed by atoms with van der Waals surface area (Å²) in [7, 11) is -2.07. The molecule has 1 aliphatic rings. The fourth-order valence-corrected chi connectivity index (χ4v) is 5.27. The molecule has 1 fully saturated rings. The molecule has 2 aromatic rings. The van der Waals surface area contributed by atoms with Crippen molar-refractivity contribution in [1.29, 1.82) is 0 Å². The number of methoxy groups -OCH3 is 1. The van der Waals surface area contributed by atoms with Crippen molar-refractivity contribution in [2.75, 3.05) is 30.8 Å². The molecule has 30 heavy (non-hydrogen) atoms. The van der Waals surface area contributed by atoms with E-state index in [1.165, 1.54) is 9.87 Å². The zero-order chi connectivity index (χ0) is 21.7. The maximum atomic E-state index is 13.1. The van der Waals surface area contributed by atoms with Gasteiger partial charge in [-0.2, -0.15) is 0 Å². The van der Waals surface area contributed by atoms with E-state index in [4.69, 9.17) is 4.74 Å². The van der Waals surface area contributed by atoms with Crippen LogP contribution in [0.1, 0.15) is 25.3 Å². The minimum absolute atomic E-state index is 0.158. The smallest absolute Gasteiger partial charge is 0.246 e. The summed E-state index contributed by atoms with van der Waals surface area (Å²) in [4.78, 5) is 14.9. The molecule has 0 unspecified atom stereocenters. The average molecular weight is 431 g/mol. The molecule has 1 atom stereocenters. The van der Waals surface area contributed by atoms with Crippen LogP contribution < -0.4 is 9.04 Å². The van der Waals surface area contributed by atoms with Gasteiger partial charge in [-0.1, -0.05) is 30.3 Å². The number of nitrogens with zero attached hydrogens (tertiary/aromatic N) is 2. The van der Waals surface area contributed by atoms with Gasteiger partial charge in [-0.15, -0.1) is 0 Å². The fraction of sp³-hybridized carbons (Fsp3) is 0.435. The molecule has 1 amide bonds. The molecule has 2 aromatic carbocycles. The summed E-state index contributed by atoms with van der Waals surface area (Å²) in [5.74, 6) is 1.01. The van der Waals surface area contributed by atoms with Crippen LogP contribution in [0.4, 0.5) is 5.69 Å². The quantitative estimate of drug-likeness (QED) is 0.676. The highest BCUT2D eigenvalue weighted by molar-refractivity contribution is 7.92. The van der Waals surface area contributed by atoms with E-state index in [0.717, 1.165) is 25.5 Å². The Kier molecular flexibility index (Phi) is 7.02. The minimum Gasteiger partial charge on any atom is -0.497 e. The molecule has 1 aliphatic heterocycles. The van der Waals surface area contributed by atoms with E-state index in [0.29, 0.717) is 30.4 Å². The third-order valence-corrected chi connectivity index (χ3v) is 6.93. The Bertz CT molecular complexity index is 937. The molecule has 3 rings (SSSR count). The second-order valence-corrected chi connectivity index (χ2v) is 9.75. The van der Waals surface area contributed by atoms with Gasteiger partial charge in [0.15, 0.2) is 0 Å². The van der Waals surface area contributed by atoms with Crippen molar-refractivity contribution in [3.05, 3.63) is 60.2 Å². The van der Waals surface area contributed by atoms with E-state index in [9.17, 15) is 13.2 Å². The first-order valence-electron chi connectivity index (χ1n) is 10.3. The van der Waals surface area contributed by atoms with Crippen molar-refractivity contribution in [1.82, 2.24) is 4.90 Å². The number of hydrogen-bond acceptors (Lipinski definition) is 4. The molecule has 1 heterocycles. The molecular formula is C23H30N2O4S. The lowest BCUT2D eigenvalue weighted by atomic mass is 9.90. The number of hydrogen-bond donors (Lipinski definition) is 0. The van der Waals surface area contributed by atoms with Crippen molar-refractivity contribution in [3.8, 4) is 5.75 Å². The molecule has 0 aliphatic carbocycles. The van der Waals surface area contributed by atoms with Gasteiger partial charge in [-0.25, -0.2) is 8.42 Å². The van der Waals surface area contributed by atoms with E-state index >= 15 is 0 Å². The van der Waals surface area contributed by atoms with Crippen molar-refractivity contribution >= 4 is 21.6 Å². The molecule has 0 bridgehead atoms. The van der Waals surface area contributed by atoms with Gasteiger partial charge in [-0.05, 0) is 61.9 Å². The highest BCUT2D eigenvalue weighted by Gasteiger charge is 2.33. The van der Waals surface area contributed by atoms with Crippen LogP contribution in [0.2, 0.25) is 0 Å². The summed E-state index contributed by atoms with van der Waals surface area (Å²) in [6.07, 6.45) is 4.00. The van der Waals surface area contributed by atoms with Crippen LogP contribution in [0.15, 0.2) is 54.6 Å². The van der Waals surface area contributed by atoms with E-state index < -0.39 is 16.1 Å². The standard InChI is InChI=1S/C23H30N2O4S/c1-18(25(30(3,27)28)21-9-11-22(29-2)12-10-21)23(26)24-15-13-20(14-16-24)17-19-7-5-4-6-8-19/h4-12,18,20H,13-17H2,1-3H3/t18-/m0/s1. The Morgan fingerprint density at radius 2 is 1.70 bits per heavy atom. The van der Waals surface area contributed by atoms with Gasteiger partial charge in [0.25, 0.3) is 0 Å². The molecule has 0 aromatic heterocycles. The van der Waals surface area contributed by atoms with Gasteiger partial charge in [0.05, 0.1) is 19.1 Å². The summed E-state index contributed by atoms with van der Waals surface area (Å²) >= 11 is 0. The molecule has 0 radical (unpaired) electrons. The lowest BCUT2D eigenvalue weighted by Crippen LogP contribution is -2.51. The predicted octanol–water partition coefficient (Wildman–Crippen LogP) is 3.33. The molecular weight excluding hydrogens is 400 g/mol. The highest BCUT2D eigenvalue weighted by atomic mass is 32.2. The molecule has 162 valence electrons. The zero-order valence-electron chi connectivity index (χ0n) is 17.8. The summed E-state index contributed by atoms with van der Waals surface area (Å²) in [5.41, 5.74) is 1.77. The Labute approximate surface area is 179 Å². The lowest BCUT2D eigenvalue weighted by molar-refractivity contribution is -0.133. The molecule has 0 saturated carbocycles. The van der Waals surface area contributed by atoms with E-state index in [-0.39, 0.29) is 5.91 Å². The van der Waals surface area contributed by atoms with Crippen LogP contribution in [0.25, 0.3) is 0 Å². The molecule has 7 heteroatoms. The number of ether oxygens (including phenoxy) is 1. The second kappa shape index (κ2) is 9.51. The van der Waals surface area contributed by atoms with E-state index in [2.05, 4.69) is 24.3 Å². The number of amides is 1. The zero-order valence-corrected chi connectivity index (χ0v) is 18.6. The normalized spacial score (nSPS) is 16.2. The Morgan fingerprint density at radius 1 is 1.10 bits per heavy atom. The summed E-state index contributed by atoms with van der Waals surface area (Å²) < 4.78 is 31.3. The number of carbonyl (C=O) groups excluding carboxylic acids is 1. The number of piperidine rings is 1. The lowest BCUT2D eigenvalue weighted by Gasteiger charge is -2.36. The minimum atomic E-state index is -3.63. The van der Waals surface area contributed by atoms with Crippen molar-refractivity contribution in [2.24, 2.45) is 5.92 Å². The van der Waals surface area contributed by atoms with Crippen LogP contribution in [-0.4, -0.2) is 51.7 Å². The first-order chi connectivity index (χ1) is 14.3. The second-order valence-electron chi connectivity index (χ2n) is 7.89. The van der Waals surface area contributed by atoms with Crippen LogP contribution in [-0.2, 0) is 21.2 Å².